The summed E-state index contributed by atoms with van der Waals surface area (Å²) >= 11 is 0. The van der Waals surface area contributed by atoms with Crippen LogP contribution in [0.3, 0.4) is 0 Å². The van der Waals surface area contributed by atoms with Crippen molar-refractivity contribution in [3.05, 3.63) is 24.8 Å². The van der Waals surface area contributed by atoms with Gasteiger partial charge in [0.15, 0.2) is 0 Å². The quantitative estimate of drug-likeness (QED) is 0.218. The zero-order valence-corrected chi connectivity index (χ0v) is 10.3. The van der Waals surface area contributed by atoms with Crippen LogP contribution < -0.4 is 29.6 Å². The molecule has 0 aliphatic heterocycles. The number of esters is 1. The molecule has 13 heavy (non-hydrogen) atoms. The number of carbonyl (C=O) groups excluding carboxylic acids is 1. The monoisotopic (exact) mass is 216 g/mol. The molecule has 0 aromatic heterocycles. The average Bonchev–Trinajstić information content (AvgIpc) is 1.87. The van der Waals surface area contributed by atoms with E-state index in [9.17, 15) is 17.8 Å². The minimum absolute atomic E-state index is 0. The second-order valence-electron chi connectivity index (χ2n) is 1.44. The van der Waals surface area contributed by atoms with Gasteiger partial charge in [-0.2, -0.15) is 0 Å². The van der Waals surface area contributed by atoms with Crippen LogP contribution in [0.4, 0.5) is 0 Å². The SMILES string of the molecule is C=COC(C)=O.C=CS(=O)(=O)[O-].[Na+]. The van der Waals surface area contributed by atoms with Gasteiger partial charge in [-0.05, 0) is 0 Å². The summed E-state index contributed by atoms with van der Waals surface area (Å²) in [4.78, 5) is 9.75. The van der Waals surface area contributed by atoms with Gasteiger partial charge in [0.2, 0.25) is 0 Å². The Labute approximate surface area is 99.5 Å². The Kier molecular flexibility index (Phi) is 14.2. The van der Waals surface area contributed by atoms with E-state index in [4.69, 9.17) is 0 Å². The van der Waals surface area contributed by atoms with E-state index >= 15 is 0 Å². The van der Waals surface area contributed by atoms with Crippen molar-refractivity contribution in [3.63, 3.8) is 0 Å². The molecule has 0 aromatic rings. The van der Waals surface area contributed by atoms with Crippen molar-refractivity contribution in [2.45, 2.75) is 6.92 Å². The van der Waals surface area contributed by atoms with Gasteiger partial charge >= 0.3 is 35.5 Å². The molecule has 70 valence electrons. The fraction of sp³-hybridized carbons (Fsp3) is 0.167. The number of hydrogen-bond donors (Lipinski definition) is 0. The van der Waals surface area contributed by atoms with E-state index < -0.39 is 10.1 Å². The zero-order valence-electron chi connectivity index (χ0n) is 7.52. The van der Waals surface area contributed by atoms with E-state index in [0.717, 1.165) is 6.26 Å². The van der Waals surface area contributed by atoms with Gasteiger partial charge in [0.25, 0.3) is 0 Å². The Balaban J connectivity index is -0.000000143. The van der Waals surface area contributed by atoms with Crippen LogP contribution in [0.2, 0.25) is 0 Å². The Morgan fingerprint density at radius 1 is 1.46 bits per heavy atom. The molecule has 0 atom stereocenters. The molecule has 0 saturated heterocycles. The average molecular weight is 216 g/mol. The molecular weight excluding hydrogens is 207 g/mol. The molecule has 7 heteroatoms. The van der Waals surface area contributed by atoms with Crippen LogP contribution in [0.5, 0.6) is 0 Å². The molecular formula is C6H9NaO5S. The Hall–Kier alpha value is -0.140. The standard InChI is InChI=1S/C4H6O2.C2H4O3S.Na/c1-3-6-4(2)5;1-2-6(3,4)5;/h3H,1H2,2H3;2H,1H2,(H,3,4,5);/q;;+1/p-1. The van der Waals surface area contributed by atoms with E-state index in [1.54, 1.807) is 0 Å². The van der Waals surface area contributed by atoms with Crippen LogP contribution in [0.25, 0.3) is 0 Å². The van der Waals surface area contributed by atoms with Gasteiger partial charge in [0, 0.05) is 12.3 Å². The minimum atomic E-state index is -4.15. The maximum Gasteiger partial charge on any atom is 1.00 e. The fourth-order valence-corrected chi connectivity index (χ4v) is 0.117. The van der Waals surface area contributed by atoms with Crippen molar-refractivity contribution < 1.29 is 52.1 Å². The second kappa shape index (κ2) is 9.94. The van der Waals surface area contributed by atoms with Crippen molar-refractivity contribution >= 4 is 16.1 Å². The minimum Gasteiger partial charge on any atom is -0.745 e. The fourth-order valence-electron chi connectivity index (χ4n) is 0.117. The molecule has 5 nitrogen and oxygen atoms in total. The Morgan fingerprint density at radius 3 is 1.77 bits per heavy atom. The van der Waals surface area contributed by atoms with E-state index in [1.807, 2.05) is 0 Å². The van der Waals surface area contributed by atoms with E-state index in [0.29, 0.717) is 5.41 Å². The van der Waals surface area contributed by atoms with Gasteiger partial charge in [0.1, 0.15) is 10.1 Å². The summed E-state index contributed by atoms with van der Waals surface area (Å²) in [5.41, 5.74) is 0. The molecule has 0 aliphatic carbocycles. The maximum absolute atomic E-state index is 9.75. The molecule has 0 N–H and O–H groups in total. The Bertz CT molecular complexity index is 245. The third-order valence-electron chi connectivity index (χ3n) is 0.453. The summed E-state index contributed by atoms with van der Waals surface area (Å²) in [5.74, 6) is -0.329. The van der Waals surface area contributed by atoms with E-state index in [2.05, 4.69) is 17.9 Å². The van der Waals surface area contributed by atoms with Crippen molar-refractivity contribution in [2.75, 3.05) is 0 Å². The topological polar surface area (TPSA) is 83.5 Å². The molecule has 0 aromatic carbocycles. The summed E-state index contributed by atoms with van der Waals surface area (Å²) in [6.07, 6.45) is 1.10. The van der Waals surface area contributed by atoms with Crippen LogP contribution in [0.1, 0.15) is 6.92 Å². The third-order valence-corrected chi connectivity index (χ3v) is 0.862. The van der Waals surface area contributed by atoms with Crippen molar-refractivity contribution in [3.8, 4) is 0 Å². The second-order valence-corrected chi connectivity index (χ2v) is 2.75. The summed E-state index contributed by atoms with van der Waals surface area (Å²) < 4.78 is 32.1. The van der Waals surface area contributed by atoms with Gasteiger partial charge in [-0.15, -0.1) is 0 Å². The molecule has 0 spiro atoms. The zero-order chi connectivity index (χ0) is 10.2. The third kappa shape index (κ3) is 33.6. The van der Waals surface area contributed by atoms with Gasteiger partial charge in [-0.25, -0.2) is 8.42 Å². The summed E-state index contributed by atoms with van der Waals surface area (Å²) in [6.45, 7) is 7.21. The van der Waals surface area contributed by atoms with Crippen molar-refractivity contribution in [1.82, 2.24) is 0 Å². The van der Waals surface area contributed by atoms with Crippen molar-refractivity contribution in [1.29, 1.82) is 0 Å². The molecule has 0 rings (SSSR count). The molecule has 0 unspecified atom stereocenters. The van der Waals surface area contributed by atoms with Crippen molar-refractivity contribution in [2.24, 2.45) is 0 Å². The van der Waals surface area contributed by atoms with Crippen LogP contribution in [0, 0.1) is 0 Å². The van der Waals surface area contributed by atoms with Crippen LogP contribution in [-0.2, 0) is 19.6 Å². The van der Waals surface area contributed by atoms with Crippen LogP contribution in [0.15, 0.2) is 24.8 Å². The number of rotatable bonds is 2. The van der Waals surface area contributed by atoms with Gasteiger partial charge in [0.05, 0.1) is 6.26 Å². The van der Waals surface area contributed by atoms with Crippen LogP contribution in [-0.4, -0.2) is 18.9 Å². The first-order valence-corrected chi connectivity index (χ1v) is 4.17. The molecule has 0 aliphatic rings. The first kappa shape index (κ1) is 18.6. The predicted octanol–water partition coefficient (Wildman–Crippen LogP) is -2.63. The van der Waals surface area contributed by atoms with Gasteiger partial charge < -0.3 is 9.29 Å². The van der Waals surface area contributed by atoms with Crippen LogP contribution >= 0.6 is 0 Å². The summed E-state index contributed by atoms with van der Waals surface area (Å²) in [7, 11) is -4.15. The molecule has 0 heterocycles. The molecule has 0 bridgehead atoms. The molecule has 0 radical (unpaired) electrons. The summed E-state index contributed by atoms with van der Waals surface area (Å²) in [5, 5.41) is 0.354. The van der Waals surface area contributed by atoms with Gasteiger partial charge in [-0.3, -0.25) is 4.79 Å². The maximum atomic E-state index is 9.75. The molecule has 0 amide bonds. The number of carbonyl (C=O) groups is 1. The van der Waals surface area contributed by atoms with E-state index in [1.165, 1.54) is 6.92 Å². The van der Waals surface area contributed by atoms with E-state index in [-0.39, 0.29) is 35.5 Å². The largest absolute Gasteiger partial charge is 1.00 e. The number of ether oxygens (including phenoxy) is 1. The number of hydrogen-bond acceptors (Lipinski definition) is 5. The van der Waals surface area contributed by atoms with Gasteiger partial charge in [-0.1, -0.05) is 13.2 Å². The first-order chi connectivity index (χ1) is 5.33. The normalized spacial score (nSPS) is 8.15. The molecule has 0 saturated carbocycles. The smallest absolute Gasteiger partial charge is 0.745 e. The predicted molar refractivity (Wildman–Crippen MR) is 41.9 cm³/mol. The molecule has 0 fully saturated rings. The Morgan fingerprint density at radius 2 is 1.77 bits per heavy atom. The summed E-state index contributed by atoms with van der Waals surface area (Å²) in [6, 6.07) is 0. The first-order valence-electron chi connectivity index (χ1n) is 2.70.